The Morgan fingerprint density at radius 1 is 1.36 bits per heavy atom. The molecule has 134 valence electrons. The van der Waals surface area contributed by atoms with Crippen LogP contribution < -0.4 is 5.32 Å². The van der Waals surface area contributed by atoms with E-state index in [-0.39, 0.29) is 12.0 Å². The summed E-state index contributed by atoms with van der Waals surface area (Å²) >= 11 is 1.43. The van der Waals surface area contributed by atoms with Crippen molar-refractivity contribution in [1.82, 2.24) is 20.1 Å². The average molecular weight is 360 g/mol. The van der Waals surface area contributed by atoms with Crippen molar-refractivity contribution in [2.24, 2.45) is 0 Å². The SMILES string of the molecule is Cc1nnc(SCC(=O)NCCc2ccccc2)n1C[C@@H]1CCCO1. The fourth-order valence-electron chi connectivity index (χ4n) is 2.84. The second kappa shape index (κ2) is 9.01. The summed E-state index contributed by atoms with van der Waals surface area (Å²) in [5.74, 6) is 1.23. The van der Waals surface area contributed by atoms with E-state index in [4.69, 9.17) is 4.74 Å². The molecule has 1 amide bonds. The van der Waals surface area contributed by atoms with Crippen molar-refractivity contribution in [2.75, 3.05) is 18.9 Å². The van der Waals surface area contributed by atoms with E-state index in [9.17, 15) is 4.79 Å². The number of aromatic nitrogens is 3. The number of rotatable bonds is 8. The first-order valence-corrected chi connectivity index (χ1v) is 9.66. The molecule has 25 heavy (non-hydrogen) atoms. The van der Waals surface area contributed by atoms with Gasteiger partial charge in [0.05, 0.1) is 18.4 Å². The van der Waals surface area contributed by atoms with E-state index in [2.05, 4.69) is 32.2 Å². The maximum Gasteiger partial charge on any atom is 0.230 e. The number of hydrogen-bond acceptors (Lipinski definition) is 5. The molecule has 1 aromatic carbocycles. The predicted octanol–water partition coefficient (Wildman–Crippen LogP) is 2.22. The van der Waals surface area contributed by atoms with Crippen LogP contribution in [0.3, 0.4) is 0 Å². The summed E-state index contributed by atoms with van der Waals surface area (Å²) in [6.45, 7) is 4.17. The van der Waals surface area contributed by atoms with Crippen molar-refractivity contribution in [3.63, 3.8) is 0 Å². The first kappa shape index (κ1) is 17.9. The van der Waals surface area contributed by atoms with E-state index in [0.717, 1.165) is 43.4 Å². The molecule has 1 N–H and O–H groups in total. The molecule has 0 spiro atoms. The lowest BCUT2D eigenvalue weighted by Gasteiger charge is -2.13. The van der Waals surface area contributed by atoms with Crippen LogP contribution in [0.15, 0.2) is 35.5 Å². The maximum absolute atomic E-state index is 12.1. The summed E-state index contributed by atoms with van der Waals surface area (Å²) in [7, 11) is 0. The van der Waals surface area contributed by atoms with Crippen LogP contribution in [0, 0.1) is 6.92 Å². The van der Waals surface area contributed by atoms with E-state index >= 15 is 0 Å². The summed E-state index contributed by atoms with van der Waals surface area (Å²) in [5.41, 5.74) is 1.22. The highest BCUT2D eigenvalue weighted by Gasteiger charge is 2.20. The van der Waals surface area contributed by atoms with E-state index < -0.39 is 0 Å². The van der Waals surface area contributed by atoms with Gasteiger partial charge in [-0.25, -0.2) is 0 Å². The Morgan fingerprint density at radius 2 is 2.20 bits per heavy atom. The molecule has 0 aliphatic carbocycles. The Balaban J connectivity index is 1.44. The highest BCUT2D eigenvalue weighted by atomic mass is 32.2. The van der Waals surface area contributed by atoms with Gasteiger partial charge in [0.1, 0.15) is 5.82 Å². The predicted molar refractivity (Wildman–Crippen MR) is 97.6 cm³/mol. The zero-order chi connectivity index (χ0) is 17.5. The summed E-state index contributed by atoms with van der Waals surface area (Å²) < 4.78 is 7.75. The first-order valence-electron chi connectivity index (χ1n) is 8.67. The lowest BCUT2D eigenvalue weighted by atomic mass is 10.1. The zero-order valence-electron chi connectivity index (χ0n) is 14.5. The second-order valence-corrected chi connectivity index (χ2v) is 7.09. The van der Waals surface area contributed by atoms with E-state index in [0.29, 0.717) is 12.3 Å². The lowest BCUT2D eigenvalue weighted by Crippen LogP contribution is -2.27. The zero-order valence-corrected chi connectivity index (χ0v) is 15.3. The number of ether oxygens (including phenoxy) is 1. The molecule has 1 aliphatic heterocycles. The monoisotopic (exact) mass is 360 g/mol. The summed E-state index contributed by atoms with van der Waals surface area (Å²) in [4.78, 5) is 12.1. The van der Waals surface area contributed by atoms with Gasteiger partial charge >= 0.3 is 0 Å². The Bertz CT molecular complexity index is 684. The third-order valence-electron chi connectivity index (χ3n) is 4.22. The molecular formula is C18H24N4O2S. The highest BCUT2D eigenvalue weighted by molar-refractivity contribution is 7.99. The Morgan fingerprint density at radius 3 is 2.96 bits per heavy atom. The van der Waals surface area contributed by atoms with Crippen molar-refractivity contribution >= 4 is 17.7 Å². The number of carbonyl (C=O) groups is 1. The molecule has 1 saturated heterocycles. The molecule has 0 radical (unpaired) electrons. The molecule has 2 heterocycles. The summed E-state index contributed by atoms with van der Waals surface area (Å²) in [6, 6.07) is 10.1. The van der Waals surface area contributed by atoms with Gasteiger partial charge in [-0.2, -0.15) is 0 Å². The number of carbonyl (C=O) groups excluding carboxylic acids is 1. The molecule has 7 heteroatoms. The largest absolute Gasteiger partial charge is 0.376 e. The summed E-state index contributed by atoms with van der Waals surface area (Å²) in [6.07, 6.45) is 3.25. The molecule has 0 bridgehead atoms. The molecule has 1 fully saturated rings. The third-order valence-corrected chi connectivity index (χ3v) is 5.19. The number of hydrogen-bond donors (Lipinski definition) is 1. The number of nitrogens with zero attached hydrogens (tertiary/aromatic N) is 3. The van der Waals surface area contributed by atoms with Crippen LogP contribution in [0.2, 0.25) is 0 Å². The van der Waals surface area contributed by atoms with Crippen LogP contribution in [0.4, 0.5) is 0 Å². The lowest BCUT2D eigenvalue weighted by molar-refractivity contribution is -0.118. The van der Waals surface area contributed by atoms with Gasteiger partial charge in [-0.1, -0.05) is 42.1 Å². The fraction of sp³-hybridized carbons (Fsp3) is 0.500. The number of thioether (sulfide) groups is 1. The van der Waals surface area contributed by atoms with Crippen molar-refractivity contribution < 1.29 is 9.53 Å². The molecule has 1 atom stereocenters. The molecule has 1 aromatic heterocycles. The normalized spacial score (nSPS) is 16.9. The van der Waals surface area contributed by atoms with E-state index in [1.807, 2.05) is 25.1 Å². The van der Waals surface area contributed by atoms with Gasteiger partial charge in [-0.15, -0.1) is 10.2 Å². The number of aryl methyl sites for hydroxylation is 1. The van der Waals surface area contributed by atoms with Gasteiger partial charge in [0, 0.05) is 13.2 Å². The highest BCUT2D eigenvalue weighted by Crippen LogP contribution is 2.20. The molecule has 1 aliphatic rings. The van der Waals surface area contributed by atoms with Crippen LogP contribution in [-0.4, -0.2) is 45.7 Å². The maximum atomic E-state index is 12.1. The third kappa shape index (κ3) is 5.31. The van der Waals surface area contributed by atoms with Crippen LogP contribution in [0.5, 0.6) is 0 Å². The van der Waals surface area contributed by atoms with E-state index in [1.165, 1.54) is 17.3 Å². The smallest absolute Gasteiger partial charge is 0.230 e. The van der Waals surface area contributed by atoms with Crippen LogP contribution >= 0.6 is 11.8 Å². The number of benzene rings is 1. The van der Waals surface area contributed by atoms with Crippen molar-refractivity contribution in [3.05, 3.63) is 41.7 Å². The van der Waals surface area contributed by atoms with Crippen molar-refractivity contribution in [2.45, 2.75) is 44.0 Å². The molecule has 0 unspecified atom stereocenters. The molecule has 0 saturated carbocycles. The summed E-state index contributed by atoms with van der Waals surface area (Å²) in [5, 5.41) is 12.1. The Kier molecular flexibility index (Phi) is 6.47. The standard InChI is InChI=1S/C18H24N4O2S/c1-14-20-21-18(22(14)12-16-8-5-11-24-16)25-13-17(23)19-10-9-15-6-3-2-4-7-15/h2-4,6-7,16H,5,8-13H2,1H3,(H,19,23)/t16-/m0/s1. The fourth-order valence-corrected chi connectivity index (χ4v) is 3.67. The van der Waals surface area contributed by atoms with Gasteiger partial charge in [0.15, 0.2) is 5.16 Å². The Hall–Kier alpha value is -1.86. The minimum Gasteiger partial charge on any atom is -0.376 e. The van der Waals surface area contributed by atoms with Gasteiger partial charge < -0.3 is 14.6 Å². The minimum atomic E-state index is 0.0188. The quantitative estimate of drug-likeness (QED) is 0.731. The topological polar surface area (TPSA) is 69.0 Å². The van der Waals surface area contributed by atoms with E-state index in [1.54, 1.807) is 0 Å². The van der Waals surface area contributed by atoms with Crippen LogP contribution in [0.25, 0.3) is 0 Å². The minimum absolute atomic E-state index is 0.0188. The molecule has 3 rings (SSSR count). The van der Waals surface area contributed by atoms with Crippen molar-refractivity contribution in [1.29, 1.82) is 0 Å². The van der Waals surface area contributed by atoms with Crippen LogP contribution in [0.1, 0.15) is 24.2 Å². The second-order valence-electron chi connectivity index (χ2n) is 6.15. The Labute approximate surface area is 152 Å². The average Bonchev–Trinajstić information content (AvgIpc) is 3.25. The molecule has 6 nitrogen and oxygen atoms in total. The van der Waals surface area contributed by atoms with Gasteiger partial charge in [0.25, 0.3) is 0 Å². The molecule has 2 aromatic rings. The molecular weight excluding hydrogens is 336 g/mol. The van der Waals surface area contributed by atoms with Crippen LogP contribution in [-0.2, 0) is 22.5 Å². The number of amides is 1. The van der Waals surface area contributed by atoms with Gasteiger partial charge in [-0.3, -0.25) is 4.79 Å². The van der Waals surface area contributed by atoms with Gasteiger partial charge in [-0.05, 0) is 31.7 Å². The van der Waals surface area contributed by atoms with Crippen molar-refractivity contribution in [3.8, 4) is 0 Å². The number of nitrogens with one attached hydrogen (secondary N) is 1. The van der Waals surface area contributed by atoms with Gasteiger partial charge in [0.2, 0.25) is 5.91 Å². The first-order chi connectivity index (χ1) is 12.2.